The van der Waals surface area contributed by atoms with Crippen molar-refractivity contribution in [2.45, 2.75) is 12.8 Å². The zero-order valence-electron chi connectivity index (χ0n) is 9.99. The Bertz CT molecular complexity index is 522. The topological polar surface area (TPSA) is 39.9 Å². The second-order valence-corrected chi connectivity index (χ2v) is 5.07. The van der Waals surface area contributed by atoms with Gasteiger partial charge >= 0.3 is 6.01 Å². The molecular formula is C13H15N3OS. The molecule has 0 spiro atoms. The SMILES string of the molecule is SCC1(COc2ncn(-c3ccccc3)n2)CC1. The van der Waals surface area contributed by atoms with Crippen molar-refractivity contribution in [2.24, 2.45) is 5.41 Å². The van der Waals surface area contributed by atoms with Crippen LogP contribution < -0.4 is 4.74 Å². The van der Waals surface area contributed by atoms with Gasteiger partial charge in [-0.15, -0.1) is 5.10 Å². The van der Waals surface area contributed by atoms with Crippen LogP contribution in [0.25, 0.3) is 5.69 Å². The number of thiol groups is 1. The standard InChI is InChI=1S/C13H15N3OS/c18-9-13(6-7-13)8-17-12-14-10-16(15-12)11-4-2-1-3-5-11/h1-5,10,18H,6-9H2. The molecule has 0 radical (unpaired) electrons. The summed E-state index contributed by atoms with van der Waals surface area (Å²) in [4.78, 5) is 4.16. The maximum absolute atomic E-state index is 5.63. The quantitative estimate of drug-likeness (QED) is 0.840. The Morgan fingerprint density at radius 2 is 2.06 bits per heavy atom. The van der Waals surface area contributed by atoms with Crippen LogP contribution in [0.3, 0.4) is 0 Å². The molecule has 0 bridgehead atoms. The molecule has 4 nitrogen and oxygen atoms in total. The van der Waals surface area contributed by atoms with Crippen LogP contribution in [-0.4, -0.2) is 27.1 Å². The average molecular weight is 261 g/mol. The van der Waals surface area contributed by atoms with Gasteiger partial charge in [-0.1, -0.05) is 18.2 Å². The highest BCUT2D eigenvalue weighted by atomic mass is 32.1. The highest BCUT2D eigenvalue weighted by Crippen LogP contribution is 2.46. The summed E-state index contributed by atoms with van der Waals surface area (Å²) in [6, 6.07) is 10.3. The van der Waals surface area contributed by atoms with Crippen molar-refractivity contribution >= 4 is 12.6 Å². The maximum atomic E-state index is 5.63. The molecule has 1 aliphatic rings. The molecule has 0 amide bonds. The number of nitrogens with zero attached hydrogens (tertiary/aromatic N) is 3. The van der Waals surface area contributed by atoms with Crippen LogP contribution in [0.2, 0.25) is 0 Å². The minimum atomic E-state index is 0.265. The Morgan fingerprint density at radius 1 is 1.28 bits per heavy atom. The van der Waals surface area contributed by atoms with E-state index in [2.05, 4.69) is 22.7 Å². The Balaban J connectivity index is 1.67. The molecule has 0 saturated heterocycles. The highest BCUT2D eigenvalue weighted by Gasteiger charge is 2.42. The van der Waals surface area contributed by atoms with Gasteiger partial charge in [0.15, 0.2) is 0 Å². The van der Waals surface area contributed by atoms with Crippen molar-refractivity contribution in [1.29, 1.82) is 0 Å². The lowest BCUT2D eigenvalue weighted by molar-refractivity contribution is 0.232. The van der Waals surface area contributed by atoms with Crippen LogP contribution in [0.4, 0.5) is 0 Å². The van der Waals surface area contributed by atoms with Crippen LogP contribution in [0.5, 0.6) is 6.01 Å². The minimum absolute atomic E-state index is 0.265. The lowest BCUT2D eigenvalue weighted by Gasteiger charge is -2.10. The van der Waals surface area contributed by atoms with Crippen molar-refractivity contribution in [2.75, 3.05) is 12.4 Å². The molecule has 1 fully saturated rings. The summed E-state index contributed by atoms with van der Waals surface area (Å²) >= 11 is 4.35. The average Bonchev–Trinajstić information content (AvgIpc) is 3.07. The fourth-order valence-electron chi connectivity index (χ4n) is 1.76. The smallest absolute Gasteiger partial charge is 0.335 e. The summed E-state index contributed by atoms with van der Waals surface area (Å²) in [6.45, 7) is 0.662. The summed E-state index contributed by atoms with van der Waals surface area (Å²) in [5.74, 6) is 0.867. The molecule has 0 N–H and O–H groups in total. The van der Waals surface area contributed by atoms with Gasteiger partial charge in [-0.05, 0) is 30.7 Å². The number of ether oxygens (including phenoxy) is 1. The van der Waals surface area contributed by atoms with E-state index in [1.54, 1.807) is 11.0 Å². The molecule has 0 atom stereocenters. The molecule has 0 aliphatic heterocycles. The second-order valence-electron chi connectivity index (χ2n) is 4.75. The van der Waals surface area contributed by atoms with E-state index in [0.29, 0.717) is 12.6 Å². The van der Waals surface area contributed by atoms with Gasteiger partial charge in [0.05, 0.1) is 12.3 Å². The monoisotopic (exact) mass is 261 g/mol. The molecule has 18 heavy (non-hydrogen) atoms. The van der Waals surface area contributed by atoms with Crippen LogP contribution >= 0.6 is 12.6 Å². The van der Waals surface area contributed by atoms with Crippen LogP contribution in [0.1, 0.15) is 12.8 Å². The van der Waals surface area contributed by atoms with Crippen molar-refractivity contribution in [3.63, 3.8) is 0 Å². The first-order chi connectivity index (χ1) is 8.81. The lowest BCUT2D eigenvalue weighted by Crippen LogP contribution is -2.15. The largest absolute Gasteiger partial charge is 0.462 e. The van der Waals surface area contributed by atoms with E-state index in [4.69, 9.17) is 4.74 Å². The van der Waals surface area contributed by atoms with Crippen LogP contribution in [0.15, 0.2) is 36.7 Å². The Morgan fingerprint density at radius 3 is 2.72 bits per heavy atom. The number of hydrogen-bond acceptors (Lipinski definition) is 4. The van der Waals surface area contributed by atoms with E-state index in [9.17, 15) is 0 Å². The van der Waals surface area contributed by atoms with Crippen molar-refractivity contribution in [1.82, 2.24) is 14.8 Å². The minimum Gasteiger partial charge on any atom is -0.462 e. The first-order valence-corrected chi connectivity index (χ1v) is 6.65. The van der Waals surface area contributed by atoms with E-state index in [0.717, 1.165) is 11.4 Å². The lowest BCUT2D eigenvalue weighted by atomic mass is 10.2. The number of para-hydroxylation sites is 1. The van der Waals surface area contributed by atoms with Gasteiger partial charge in [-0.2, -0.15) is 17.6 Å². The van der Waals surface area contributed by atoms with E-state index < -0.39 is 0 Å². The predicted octanol–water partition coefficient (Wildman–Crippen LogP) is 2.36. The van der Waals surface area contributed by atoms with E-state index in [1.165, 1.54) is 12.8 Å². The molecule has 3 rings (SSSR count). The zero-order chi connectivity index (χ0) is 12.4. The zero-order valence-corrected chi connectivity index (χ0v) is 10.9. The maximum Gasteiger partial charge on any atom is 0.335 e. The van der Waals surface area contributed by atoms with E-state index in [1.807, 2.05) is 30.3 Å². The molecule has 0 unspecified atom stereocenters. The fraction of sp³-hybridized carbons (Fsp3) is 0.385. The molecule has 1 aromatic carbocycles. The molecule has 1 saturated carbocycles. The highest BCUT2D eigenvalue weighted by molar-refractivity contribution is 7.80. The van der Waals surface area contributed by atoms with Gasteiger partial charge in [-0.25, -0.2) is 4.68 Å². The normalized spacial score (nSPS) is 16.5. The van der Waals surface area contributed by atoms with Gasteiger partial charge < -0.3 is 4.74 Å². The third-order valence-electron chi connectivity index (χ3n) is 3.29. The second kappa shape index (κ2) is 4.65. The van der Waals surface area contributed by atoms with Gasteiger partial charge in [-0.3, -0.25) is 0 Å². The number of rotatable bonds is 5. The summed E-state index contributed by atoms with van der Waals surface area (Å²) in [5.41, 5.74) is 1.25. The van der Waals surface area contributed by atoms with E-state index in [-0.39, 0.29) is 5.41 Å². The number of hydrogen-bond donors (Lipinski definition) is 1. The molecule has 1 aromatic heterocycles. The summed E-state index contributed by atoms with van der Waals surface area (Å²) in [6.07, 6.45) is 4.05. The molecule has 2 aromatic rings. The van der Waals surface area contributed by atoms with Gasteiger partial charge in [0, 0.05) is 5.41 Å². The Labute approximate surface area is 111 Å². The van der Waals surface area contributed by atoms with Crippen molar-refractivity contribution in [3.8, 4) is 11.7 Å². The molecular weight excluding hydrogens is 246 g/mol. The molecule has 5 heteroatoms. The number of benzene rings is 1. The summed E-state index contributed by atoms with van der Waals surface area (Å²) in [5, 5.41) is 4.30. The first-order valence-electron chi connectivity index (χ1n) is 6.02. The fourth-order valence-corrected chi connectivity index (χ4v) is 2.17. The van der Waals surface area contributed by atoms with Gasteiger partial charge in [0.2, 0.25) is 0 Å². The summed E-state index contributed by atoms with van der Waals surface area (Å²) < 4.78 is 7.35. The predicted molar refractivity (Wildman–Crippen MR) is 72.4 cm³/mol. The van der Waals surface area contributed by atoms with Crippen molar-refractivity contribution < 1.29 is 4.74 Å². The Hall–Kier alpha value is -1.49. The summed E-state index contributed by atoms with van der Waals surface area (Å²) in [7, 11) is 0. The third kappa shape index (κ3) is 2.36. The van der Waals surface area contributed by atoms with E-state index >= 15 is 0 Å². The third-order valence-corrected chi connectivity index (χ3v) is 3.96. The van der Waals surface area contributed by atoms with Crippen LogP contribution in [-0.2, 0) is 0 Å². The Kier molecular flexibility index (Phi) is 2.99. The van der Waals surface area contributed by atoms with Crippen LogP contribution in [0, 0.1) is 5.41 Å². The van der Waals surface area contributed by atoms with Gasteiger partial charge in [0.25, 0.3) is 0 Å². The molecule has 94 valence electrons. The molecule has 1 aliphatic carbocycles. The van der Waals surface area contributed by atoms with Crippen molar-refractivity contribution in [3.05, 3.63) is 36.7 Å². The number of aromatic nitrogens is 3. The van der Waals surface area contributed by atoms with Gasteiger partial charge in [0.1, 0.15) is 6.33 Å². The first kappa shape index (κ1) is 11.6. The molecule has 1 heterocycles.